The third kappa shape index (κ3) is 28.0. The van der Waals surface area contributed by atoms with Crippen LogP contribution in [0.3, 0.4) is 0 Å². The van der Waals surface area contributed by atoms with Crippen LogP contribution in [0.25, 0.3) is 0 Å². The van der Waals surface area contributed by atoms with Crippen LogP contribution >= 0.6 is 106 Å². The lowest BCUT2D eigenvalue weighted by Gasteiger charge is -2.10. The number of rotatable bonds is 33. The van der Waals surface area contributed by atoms with Gasteiger partial charge in [0.1, 0.15) is 5.82 Å². The Morgan fingerprint density at radius 1 is 0.405 bits per heavy atom. The Balaban J connectivity index is 2.35. The Bertz CT molecular complexity index is 612. The van der Waals surface area contributed by atoms with Gasteiger partial charge in [-0.15, -0.1) is 4.98 Å². The topological polar surface area (TPSA) is 57.1 Å². The first-order valence-corrected chi connectivity index (χ1v) is 25.8. The van der Waals surface area contributed by atoms with Crippen LogP contribution in [-0.4, -0.2) is 133 Å². The van der Waals surface area contributed by atoms with Crippen molar-refractivity contribution in [1.29, 1.82) is 0 Å². The normalized spacial score (nSPS) is 11.3. The number of hydrogen-bond donors (Lipinski definition) is 0. The van der Waals surface area contributed by atoms with Gasteiger partial charge < -0.3 is 9.47 Å². The molecule has 1 heterocycles. The van der Waals surface area contributed by atoms with Gasteiger partial charge in [-0.1, -0.05) is 0 Å². The van der Waals surface area contributed by atoms with E-state index in [1.165, 1.54) is 81.2 Å². The first kappa shape index (κ1) is 41.8. The van der Waals surface area contributed by atoms with Gasteiger partial charge in [0.15, 0.2) is 0 Å². The second-order valence-corrected chi connectivity index (χ2v) is 19.1. The molecule has 0 unspecified atom stereocenters. The van der Waals surface area contributed by atoms with Gasteiger partial charge in [0.2, 0.25) is 0 Å². The fourth-order valence-corrected chi connectivity index (χ4v) is 11.7. The molecule has 0 saturated heterocycles. The van der Waals surface area contributed by atoms with E-state index >= 15 is 0 Å². The molecule has 5 nitrogen and oxygen atoms in total. The van der Waals surface area contributed by atoms with E-state index in [0.29, 0.717) is 25.2 Å². The van der Waals surface area contributed by atoms with Crippen LogP contribution in [0.4, 0.5) is 0 Å². The molecule has 0 bridgehead atoms. The number of aryl methyl sites for hydroxylation is 1. The number of unbranched alkanes of at least 4 members (excludes halogenated alkanes) is 1. The van der Waals surface area contributed by atoms with E-state index in [2.05, 4.69) is 80.8 Å². The van der Waals surface area contributed by atoms with Gasteiger partial charge >= 0.3 is 12.0 Å². The molecule has 0 saturated carbocycles. The quantitative estimate of drug-likeness (QED) is 0.0649. The zero-order valence-corrected chi connectivity index (χ0v) is 33.2. The predicted octanol–water partition coefficient (Wildman–Crippen LogP) is 8.22. The Kier molecular flexibility index (Phi) is 33.9. The summed E-state index contributed by atoms with van der Waals surface area (Å²) in [6, 6.07) is 0.835. The summed E-state index contributed by atoms with van der Waals surface area (Å²) >= 11 is 18.0. The molecule has 0 radical (unpaired) electrons. The number of thioether (sulfide) groups is 9. The largest absolute Gasteiger partial charge is 0.463 e. The average Bonchev–Trinajstić information content (AvgIpc) is 3.00. The summed E-state index contributed by atoms with van der Waals surface area (Å²) in [5.74, 6) is 19.1. The highest BCUT2D eigenvalue weighted by Crippen LogP contribution is 2.16. The molecule has 0 aliphatic rings. The van der Waals surface area contributed by atoms with Crippen molar-refractivity contribution in [3.8, 4) is 12.0 Å². The van der Waals surface area contributed by atoms with Crippen molar-refractivity contribution in [2.45, 2.75) is 32.1 Å². The molecule has 1 rings (SSSR count). The minimum atomic E-state index is 0.418. The number of hydrogen-bond acceptors (Lipinski definition) is 14. The second-order valence-electron chi connectivity index (χ2n) is 8.83. The third-order valence-electron chi connectivity index (χ3n) is 5.32. The van der Waals surface area contributed by atoms with Crippen LogP contribution in [-0.2, 0) is 6.42 Å². The molecular formula is C28H53N3O2S9. The Morgan fingerprint density at radius 2 is 0.762 bits per heavy atom. The Hall–Kier alpha value is 1.76. The molecule has 0 atom stereocenters. The standard InChI is InChI=1S/C28H53N3O2S9/c1-34-14-17-40-23-20-37-11-5-4-8-26-29-27(32-9-6-12-38-21-24-41-18-15-35-2)31-28(30-26)33-10-7-13-39-22-25-42-19-16-36-3/h4-25H2,1-3H3. The Morgan fingerprint density at radius 3 is 1.17 bits per heavy atom. The lowest BCUT2D eigenvalue weighted by atomic mass is 10.2. The van der Waals surface area contributed by atoms with Crippen LogP contribution in [0.1, 0.15) is 31.5 Å². The lowest BCUT2D eigenvalue weighted by Crippen LogP contribution is -2.10. The van der Waals surface area contributed by atoms with Crippen LogP contribution in [0.15, 0.2) is 0 Å². The van der Waals surface area contributed by atoms with Crippen LogP contribution in [0.2, 0.25) is 0 Å². The third-order valence-corrected chi connectivity index (χ3v) is 14.9. The summed E-state index contributed by atoms with van der Waals surface area (Å²) < 4.78 is 11.9. The molecule has 1 aromatic heterocycles. The maximum absolute atomic E-state index is 5.97. The maximum Gasteiger partial charge on any atom is 0.322 e. The molecule has 1 aromatic rings. The van der Waals surface area contributed by atoms with Crippen LogP contribution in [0.5, 0.6) is 12.0 Å². The van der Waals surface area contributed by atoms with E-state index < -0.39 is 0 Å². The molecule has 0 spiro atoms. The molecule has 0 fully saturated rings. The van der Waals surface area contributed by atoms with Gasteiger partial charge in [-0.2, -0.15) is 116 Å². The van der Waals surface area contributed by atoms with E-state index in [1.54, 1.807) is 0 Å². The van der Waals surface area contributed by atoms with Gasteiger partial charge in [-0.05, 0) is 61.7 Å². The predicted molar refractivity (Wildman–Crippen MR) is 212 cm³/mol. The molecule has 0 amide bonds. The first-order chi connectivity index (χ1) is 20.8. The van der Waals surface area contributed by atoms with Crippen molar-refractivity contribution in [3.05, 3.63) is 5.82 Å². The van der Waals surface area contributed by atoms with Crippen LogP contribution < -0.4 is 9.47 Å². The van der Waals surface area contributed by atoms with E-state index in [0.717, 1.165) is 43.0 Å². The molecule has 0 aliphatic heterocycles. The summed E-state index contributed by atoms with van der Waals surface area (Å²) in [6.07, 6.45) is 11.6. The molecule has 246 valence electrons. The summed E-state index contributed by atoms with van der Waals surface area (Å²) in [4.78, 5) is 13.7. The minimum Gasteiger partial charge on any atom is -0.463 e. The van der Waals surface area contributed by atoms with Crippen molar-refractivity contribution in [1.82, 2.24) is 15.0 Å². The average molecular weight is 752 g/mol. The monoisotopic (exact) mass is 751 g/mol. The Labute approximate surface area is 296 Å². The summed E-state index contributed by atoms with van der Waals surface area (Å²) in [5, 5.41) is 0. The first-order valence-electron chi connectivity index (χ1n) is 14.7. The minimum absolute atomic E-state index is 0.418. The van der Waals surface area contributed by atoms with Gasteiger partial charge in [0.05, 0.1) is 13.2 Å². The van der Waals surface area contributed by atoms with E-state index in [9.17, 15) is 0 Å². The highest BCUT2D eigenvalue weighted by Gasteiger charge is 2.09. The fourth-order valence-electron chi connectivity index (χ4n) is 3.15. The van der Waals surface area contributed by atoms with Gasteiger partial charge in [-0.3, -0.25) is 0 Å². The molecule has 0 aromatic carbocycles. The summed E-state index contributed by atoms with van der Waals surface area (Å²) in [5.41, 5.74) is 0. The SMILES string of the molecule is CSCCSCCSCCCCc1nc(OCCCSCCSCCSC)nc(OCCCSCCSCCSC)n1. The van der Waals surface area contributed by atoms with E-state index in [-0.39, 0.29) is 0 Å². The van der Waals surface area contributed by atoms with Crippen LogP contribution in [0, 0.1) is 0 Å². The maximum atomic E-state index is 5.97. The smallest absolute Gasteiger partial charge is 0.322 e. The van der Waals surface area contributed by atoms with Crippen molar-refractivity contribution in [2.24, 2.45) is 0 Å². The molecule has 0 N–H and O–H groups in total. The molecule has 42 heavy (non-hydrogen) atoms. The van der Waals surface area contributed by atoms with Crippen molar-refractivity contribution in [2.75, 3.05) is 118 Å². The number of nitrogens with zero attached hydrogens (tertiary/aromatic N) is 3. The van der Waals surface area contributed by atoms with E-state index in [4.69, 9.17) is 9.47 Å². The number of aromatic nitrogens is 3. The lowest BCUT2D eigenvalue weighted by molar-refractivity contribution is 0.260. The number of ether oxygens (including phenoxy) is 2. The van der Waals surface area contributed by atoms with Gasteiger partial charge in [0, 0.05) is 75.5 Å². The van der Waals surface area contributed by atoms with Crippen molar-refractivity contribution < 1.29 is 9.47 Å². The zero-order valence-electron chi connectivity index (χ0n) is 25.9. The second kappa shape index (κ2) is 34.1. The fraction of sp³-hybridized carbons (Fsp3) is 0.893. The van der Waals surface area contributed by atoms with Gasteiger partial charge in [-0.25, -0.2) is 0 Å². The summed E-state index contributed by atoms with van der Waals surface area (Å²) in [7, 11) is 0. The van der Waals surface area contributed by atoms with Crippen molar-refractivity contribution >= 4 is 106 Å². The summed E-state index contributed by atoms with van der Waals surface area (Å²) in [6.45, 7) is 1.26. The van der Waals surface area contributed by atoms with E-state index in [1.807, 2.05) is 58.8 Å². The molecule has 14 heteroatoms. The van der Waals surface area contributed by atoms with Crippen molar-refractivity contribution in [3.63, 3.8) is 0 Å². The molecular weight excluding hydrogens is 699 g/mol. The highest BCUT2D eigenvalue weighted by atomic mass is 32.2. The highest BCUT2D eigenvalue weighted by molar-refractivity contribution is 8.05. The zero-order chi connectivity index (χ0) is 30.2. The molecule has 0 aliphatic carbocycles. The van der Waals surface area contributed by atoms with Gasteiger partial charge in [0.25, 0.3) is 0 Å².